The number of nitrogen functional groups attached to an aromatic ring is 1. The summed E-state index contributed by atoms with van der Waals surface area (Å²) in [5.41, 5.74) is 10.2. The smallest absolute Gasteiger partial charge is 0.302 e. The van der Waals surface area contributed by atoms with Crippen LogP contribution < -0.4 is 29.9 Å². The van der Waals surface area contributed by atoms with E-state index in [1.807, 2.05) is 48.5 Å². The van der Waals surface area contributed by atoms with Crippen LogP contribution in [0.25, 0.3) is 32.6 Å². The average Bonchev–Trinajstić information content (AvgIpc) is 3.63. The predicted molar refractivity (Wildman–Crippen MR) is 147 cm³/mol. The number of thiophene rings is 1. The van der Waals surface area contributed by atoms with Gasteiger partial charge < -0.3 is 19.9 Å². The summed E-state index contributed by atoms with van der Waals surface area (Å²) in [7, 11) is 4.69. The van der Waals surface area contributed by atoms with Crippen LogP contribution in [0.4, 0.5) is 11.6 Å². The second-order valence-corrected chi connectivity index (χ2v) is 10.1. The van der Waals surface area contributed by atoms with E-state index in [0.29, 0.717) is 44.1 Å². The molecule has 11 heteroatoms. The minimum atomic E-state index is -0.397. The number of methoxy groups -OCH3 is 3. The first-order chi connectivity index (χ1) is 19.0. The van der Waals surface area contributed by atoms with Crippen molar-refractivity contribution in [3.63, 3.8) is 0 Å². The molecule has 3 N–H and O–H groups in total. The Bertz CT molecular complexity index is 1670. The van der Waals surface area contributed by atoms with Gasteiger partial charge in [-0.3, -0.25) is 14.6 Å². The lowest BCUT2D eigenvalue weighted by molar-refractivity contribution is -0.765. The third-order valence-corrected chi connectivity index (χ3v) is 7.69. The molecule has 2 aromatic carbocycles. The molecule has 1 amide bonds. The fourth-order valence-corrected chi connectivity index (χ4v) is 5.52. The molecule has 0 radical (unpaired) electrons. The second-order valence-electron chi connectivity index (χ2n) is 9.09. The molecule has 6 rings (SSSR count). The predicted octanol–water partition coefficient (Wildman–Crippen LogP) is 5.10. The van der Waals surface area contributed by atoms with Gasteiger partial charge in [0.25, 0.3) is 12.1 Å². The highest BCUT2D eigenvalue weighted by Gasteiger charge is 2.36. The maximum atomic E-state index is 13.3. The first kappa shape index (κ1) is 24.7. The van der Waals surface area contributed by atoms with Crippen molar-refractivity contribution >= 4 is 39.0 Å². The third-order valence-electron chi connectivity index (χ3n) is 6.59. The van der Waals surface area contributed by atoms with E-state index in [-0.39, 0.29) is 5.88 Å². The Hall–Kier alpha value is -4.64. The number of hydrogen-bond donors (Lipinski definition) is 2. The molecule has 39 heavy (non-hydrogen) atoms. The van der Waals surface area contributed by atoms with Crippen LogP contribution in [0, 0.1) is 0 Å². The monoisotopic (exact) mass is 544 g/mol. The number of nitrogens with two attached hydrogens (primary N) is 1. The van der Waals surface area contributed by atoms with Crippen LogP contribution in [-0.2, 0) is 0 Å². The topological polar surface area (TPSA) is 126 Å². The Labute approximate surface area is 227 Å². The molecule has 0 aliphatic heterocycles. The summed E-state index contributed by atoms with van der Waals surface area (Å²) in [5.74, 6) is 1.34. The first-order valence-corrected chi connectivity index (χ1v) is 13.1. The molecule has 3 aromatic heterocycles. The van der Waals surface area contributed by atoms with E-state index in [4.69, 9.17) is 29.5 Å². The summed E-state index contributed by atoms with van der Waals surface area (Å²) in [5, 5.41) is 7.42. The first-order valence-electron chi connectivity index (χ1n) is 12.3. The molecule has 1 aliphatic carbocycles. The molecule has 5 aromatic rings. The molecule has 0 bridgehead atoms. The van der Waals surface area contributed by atoms with E-state index in [2.05, 4.69) is 10.6 Å². The minimum absolute atomic E-state index is 0.256. The molecule has 0 unspecified atom stereocenters. The van der Waals surface area contributed by atoms with Gasteiger partial charge in [0.15, 0.2) is 17.5 Å². The molecule has 1 fully saturated rings. The zero-order chi connectivity index (χ0) is 27.1. The lowest BCUT2D eigenvalue weighted by Crippen LogP contribution is -2.32. The number of rotatable bonds is 8. The van der Waals surface area contributed by atoms with Crippen molar-refractivity contribution in [1.29, 1.82) is 0 Å². The van der Waals surface area contributed by atoms with E-state index >= 15 is 0 Å². The van der Waals surface area contributed by atoms with Crippen LogP contribution in [0.15, 0.2) is 59.3 Å². The average molecular weight is 545 g/mol. The highest BCUT2D eigenvalue weighted by atomic mass is 32.1. The van der Waals surface area contributed by atoms with Gasteiger partial charge in [-0.25, -0.2) is 4.98 Å². The van der Waals surface area contributed by atoms with E-state index in [1.165, 1.54) is 11.3 Å². The summed E-state index contributed by atoms with van der Waals surface area (Å²) in [6, 6.07) is 15.8. The summed E-state index contributed by atoms with van der Waals surface area (Å²) in [4.78, 5) is 19.2. The molecular weight excluding hydrogens is 518 g/mol. The Morgan fingerprint density at radius 1 is 1.05 bits per heavy atom. The van der Waals surface area contributed by atoms with Gasteiger partial charge in [-0.15, -0.1) is 11.3 Å². The number of aromatic nitrogens is 3. The molecule has 0 saturated heterocycles. The maximum absolute atomic E-state index is 13.3. The van der Waals surface area contributed by atoms with E-state index in [1.54, 1.807) is 32.2 Å². The number of amides is 1. The normalized spacial score (nSPS) is 12.9. The summed E-state index contributed by atoms with van der Waals surface area (Å²) in [6.07, 6.45) is 3.78. The Morgan fingerprint density at radius 3 is 2.41 bits per heavy atom. The van der Waals surface area contributed by atoms with Crippen LogP contribution in [0.3, 0.4) is 0 Å². The number of hydrogen-bond acceptors (Lipinski definition) is 9. The molecule has 1 aliphatic rings. The molecule has 1 saturated carbocycles. The molecular formula is C28H26N5O5S+. The van der Waals surface area contributed by atoms with Crippen LogP contribution >= 0.6 is 11.3 Å². The number of carbonyl (C=O) groups excluding carboxylic acids is 1. The number of fused-ring (bicyclic) bond motifs is 1. The van der Waals surface area contributed by atoms with Gasteiger partial charge in [-0.1, -0.05) is 30.3 Å². The van der Waals surface area contributed by atoms with Crippen molar-refractivity contribution in [3.05, 3.63) is 59.6 Å². The van der Waals surface area contributed by atoms with Gasteiger partial charge in [-0.2, -0.15) is 0 Å². The molecule has 0 atom stereocenters. The van der Waals surface area contributed by atoms with Crippen LogP contribution in [0.1, 0.15) is 28.6 Å². The van der Waals surface area contributed by atoms with Crippen molar-refractivity contribution in [2.75, 3.05) is 32.4 Å². The minimum Gasteiger partial charge on any atom is -0.493 e. The lowest BCUT2D eigenvalue weighted by Gasteiger charge is -2.15. The maximum Gasteiger partial charge on any atom is 0.302 e. The summed E-state index contributed by atoms with van der Waals surface area (Å²) < 4.78 is 23.7. The highest BCUT2D eigenvalue weighted by Crippen LogP contribution is 2.46. The molecule has 3 heterocycles. The fourth-order valence-electron chi connectivity index (χ4n) is 4.50. The standard InChI is InChI=1S/C28H25N5O5S/c1-35-20-11-16(12-21(36-2)25(20)37-3)18-13-19(15-7-5-4-6-8-15)30-28-23(18)24(29)26(39-28)27(34)31-22-14-33(32-38-22)17-9-10-17/h4-8,11-14,17H,9-10H2,1-3H3,(H2-,29,31,32,34)/p+1. The van der Waals surface area contributed by atoms with Crippen LogP contribution in [-0.4, -0.2) is 37.5 Å². The largest absolute Gasteiger partial charge is 0.493 e. The van der Waals surface area contributed by atoms with Gasteiger partial charge in [0.05, 0.1) is 32.7 Å². The van der Waals surface area contributed by atoms with Crippen molar-refractivity contribution in [3.8, 4) is 39.6 Å². The zero-order valence-corrected chi connectivity index (χ0v) is 22.4. The van der Waals surface area contributed by atoms with Crippen molar-refractivity contribution in [2.24, 2.45) is 0 Å². The van der Waals surface area contributed by atoms with Crippen LogP contribution in [0.2, 0.25) is 0 Å². The van der Waals surface area contributed by atoms with E-state index in [0.717, 1.165) is 35.2 Å². The fraction of sp³-hybridized carbons (Fsp3) is 0.214. The third kappa shape index (κ3) is 4.50. The Morgan fingerprint density at radius 2 is 1.77 bits per heavy atom. The highest BCUT2D eigenvalue weighted by molar-refractivity contribution is 7.21. The van der Waals surface area contributed by atoms with Crippen molar-refractivity contribution in [1.82, 2.24) is 10.3 Å². The summed E-state index contributed by atoms with van der Waals surface area (Å²) >= 11 is 1.22. The lowest BCUT2D eigenvalue weighted by atomic mass is 9.98. The number of nitrogens with zero attached hydrogens (tertiary/aromatic N) is 3. The number of anilines is 2. The number of benzene rings is 2. The number of pyridine rings is 1. The molecule has 0 spiro atoms. The Balaban J connectivity index is 1.51. The summed E-state index contributed by atoms with van der Waals surface area (Å²) in [6.45, 7) is 0. The van der Waals surface area contributed by atoms with Crippen molar-refractivity contribution in [2.45, 2.75) is 18.9 Å². The van der Waals surface area contributed by atoms with Gasteiger partial charge in [0.1, 0.15) is 9.71 Å². The van der Waals surface area contributed by atoms with Crippen LogP contribution in [0.5, 0.6) is 17.2 Å². The number of carbonyl (C=O) groups is 1. The number of nitrogens with one attached hydrogen (secondary N) is 1. The van der Waals surface area contributed by atoms with Gasteiger partial charge in [0.2, 0.25) is 11.0 Å². The zero-order valence-electron chi connectivity index (χ0n) is 21.6. The Kier molecular flexibility index (Phi) is 6.27. The SMILES string of the molecule is COc1cc(-c2cc(-c3ccccc3)nc3sc(C(=O)Nc4c[n+](C5CC5)no4)c(N)c23)cc(OC)c1OC. The van der Waals surface area contributed by atoms with Gasteiger partial charge in [-0.05, 0) is 34.0 Å². The van der Waals surface area contributed by atoms with Gasteiger partial charge in [0, 0.05) is 23.8 Å². The van der Waals surface area contributed by atoms with E-state index in [9.17, 15) is 4.79 Å². The molecule has 10 nitrogen and oxygen atoms in total. The second kappa shape index (κ2) is 9.91. The molecule has 198 valence electrons. The number of ether oxygens (including phenoxy) is 3. The van der Waals surface area contributed by atoms with Crippen molar-refractivity contribution < 1.29 is 28.2 Å². The van der Waals surface area contributed by atoms with E-state index < -0.39 is 5.91 Å². The quantitative estimate of drug-likeness (QED) is 0.259. The van der Waals surface area contributed by atoms with Gasteiger partial charge >= 0.3 is 5.88 Å².